The number of rotatable bonds is 41. The van der Waals surface area contributed by atoms with Gasteiger partial charge in [0.2, 0.25) is 5.91 Å². The van der Waals surface area contributed by atoms with Crippen molar-refractivity contribution in [2.45, 2.75) is 281 Å². The predicted molar refractivity (Wildman–Crippen MR) is 233 cm³/mol. The van der Waals surface area contributed by atoms with E-state index in [2.05, 4.69) is 19.2 Å². The summed E-state index contributed by atoms with van der Waals surface area (Å²) in [4.78, 5) is 13.1. The van der Waals surface area contributed by atoms with E-state index in [1.807, 2.05) is 0 Å². The number of ether oxygens (including phenoxy) is 2. The van der Waals surface area contributed by atoms with Crippen molar-refractivity contribution in [2.24, 2.45) is 0 Å². The number of hydrogen-bond acceptors (Lipinski definition) is 10. The quantitative estimate of drug-likeness (QED) is 0.0279. The Labute approximate surface area is 354 Å². The third-order valence-corrected chi connectivity index (χ3v) is 12.1. The molecule has 346 valence electrons. The maximum atomic E-state index is 13.1. The van der Waals surface area contributed by atoms with Gasteiger partial charge in [-0.3, -0.25) is 4.79 Å². The summed E-state index contributed by atoms with van der Waals surface area (Å²) in [6.45, 7) is 3.51. The number of unbranched alkanes of at least 4 members (excludes halogenated alkanes) is 28. The van der Waals surface area contributed by atoms with Gasteiger partial charge in [0.25, 0.3) is 0 Å². The second-order valence-corrected chi connectivity index (χ2v) is 17.6. The van der Waals surface area contributed by atoms with Gasteiger partial charge in [-0.05, 0) is 12.8 Å². The van der Waals surface area contributed by atoms with E-state index in [0.717, 1.165) is 38.5 Å². The second kappa shape index (κ2) is 37.8. The standard InChI is InChI=1S/C47H93NO10/c1-3-5-7-9-11-13-15-16-17-18-19-20-21-22-24-26-28-30-32-34-40(51)46(56)48-39(37-57-47-45(55)44(54)43(53)42(36-49)58-47)41(52)35-38(50)33-31-29-27-25-23-14-12-10-8-6-4-2/h38-45,47,49-55H,3-37H2,1-2H3,(H,48,56). The van der Waals surface area contributed by atoms with Gasteiger partial charge in [-0.15, -0.1) is 0 Å². The molecule has 1 saturated heterocycles. The van der Waals surface area contributed by atoms with E-state index in [1.165, 1.54) is 148 Å². The molecule has 0 aromatic heterocycles. The van der Waals surface area contributed by atoms with Crippen molar-refractivity contribution in [2.75, 3.05) is 13.2 Å². The Morgan fingerprint density at radius 3 is 1.33 bits per heavy atom. The Morgan fingerprint density at radius 1 is 0.552 bits per heavy atom. The van der Waals surface area contributed by atoms with E-state index in [4.69, 9.17) is 9.47 Å². The first-order valence-corrected chi connectivity index (χ1v) is 24.4. The van der Waals surface area contributed by atoms with E-state index in [1.54, 1.807) is 0 Å². The van der Waals surface area contributed by atoms with E-state index in [0.29, 0.717) is 12.8 Å². The Bertz CT molecular complexity index is 913. The molecule has 0 bridgehead atoms. The van der Waals surface area contributed by atoms with Crippen molar-refractivity contribution >= 4 is 5.91 Å². The fourth-order valence-corrected chi connectivity index (χ4v) is 8.08. The van der Waals surface area contributed by atoms with Gasteiger partial charge in [-0.1, -0.05) is 206 Å². The Balaban J connectivity index is 2.38. The summed E-state index contributed by atoms with van der Waals surface area (Å²) in [5.41, 5.74) is 0. The minimum atomic E-state index is -1.64. The van der Waals surface area contributed by atoms with Crippen molar-refractivity contribution in [3.05, 3.63) is 0 Å². The molecule has 1 aliphatic rings. The van der Waals surface area contributed by atoms with Gasteiger partial charge in [-0.25, -0.2) is 0 Å². The zero-order valence-corrected chi connectivity index (χ0v) is 37.3. The minimum absolute atomic E-state index is 0.0316. The highest BCUT2D eigenvalue weighted by Crippen LogP contribution is 2.23. The van der Waals surface area contributed by atoms with Crippen LogP contribution in [0.25, 0.3) is 0 Å². The van der Waals surface area contributed by atoms with Crippen molar-refractivity contribution < 1.29 is 50.0 Å². The molecular weight excluding hydrogens is 739 g/mol. The summed E-state index contributed by atoms with van der Waals surface area (Å²) in [6.07, 6.45) is 27.1. The first-order valence-electron chi connectivity index (χ1n) is 24.4. The first-order chi connectivity index (χ1) is 28.2. The van der Waals surface area contributed by atoms with Crippen LogP contribution < -0.4 is 5.32 Å². The molecule has 58 heavy (non-hydrogen) atoms. The van der Waals surface area contributed by atoms with Crippen LogP contribution in [0.2, 0.25) is 0 Å². The molecule has 8 N–H and O–H groups in total. The predicted octanol–water partition coefficient (Wildman–Crippen LogP) is 8.28. The minimum Gasteiger partial charge on any atom is -0.394 e. The third kappa shape index (κ3) is 27.9. The van der Waals surface area contributed by atoms with Gasteiger partial charge >= 0.3 is 0 Å². The van der Waals surface area contributed by atoms with Gasteiger partial charge in [0.15, 0.2) is 6.29 Å². The molecule has 0 aromatic rings. The molecule has 0 spiro atoms. The SMILES string of the molecule is CCCCCCCCCCCCCCCCCCCCCC(O)C(=O)NC(COC1OC(CO)C(O)C(O)C1O)C(O)CC(O)CCCCCCCCCCCCC. The molecule has 1 amide bonds. The smallest absolute Gasteiger partial charge is 0.249 e. The Kier molecular flexibility index (Phi) is 36.0. The molecule has 0 saturated carbocycles. The van der Waals surface area contributed by atoms with Crippen molar-refractivity contribution in [1.29, 1.82) is 0 Å². The van der Waals surface area contributed by atoms with E-state index in [-0.39, 0.29) is 19.4 Å². The van der Waals surface area contributed by atoms with Gasteiger partial charge in [0, 0.05) is 6.42 Å². The van der Waals surface area contributed by atoms with Crippen molar-refractivity contribution in [3.8, 4) is 0 Å². The fourth-order valence-electron chi connectivity index (χ4n) is 8.08. The van der Waals surface area contributed by atoms with Crippen molar-refractivity contribution in [1.82, 2.24) is 5.32 Å². The lowest BCUT2D eigenvalue weighted by molar-refractivity contribution is -0.302. The zero-order valence-electron chi connectivity index (χ0n) is 37.3. The van der Waals surface area contributed by atoms with Crippen LogP contribution in [-0.4, -0.2) is 110 Å². The highest BCUT2D eigenvalue weighted by molar-refractivity contribution is 5.80. The average Bonchev–Trinajstić information content (AvgIpc) is 3.21. The van der Waals surface area contributed by atoms with Crippen LogP contribution >= 0.6 is 0 Å². The third-order valence-electron chi connectivity index (χ3n) is 12.1. The summed E-state index contributed by atoms with van der Waals surface area (Å²) in [7, 11) is 0. The number of carbonyl (C=O) groups is 1. The van der Waals surface area contributed by atoms with Crippen LogP contribution in [0.15, 0.2) is 0 Å². The van der Waals surface area contributed by atoms with E-state index >= 15 is 0 Å². The highest BCUT2D eigenvalue weighted by Gasteiger charge is 2.44. The monoisotopic (exact) mass is 832 g/mol. The first kappa shape index (κ1) is 55.1. The second-order valence-electron chi connectivity index (χ2n) is 17.6. The molecule has 9 unspecified atom stereocenters. The highest BCUT2D eigenvalue weighted by atomic mass is 16.7. The zero-order chi connectivity index (χ0) is 42.6. The molecule has 0 aromatic carbocycles. The van der Waals surface area contributed by atoms with Gasteiger partial charge in [0.1, 0.15) is 30.5 Å². The maximum absolute atomic E-state index is 13.1. The topological polar surface area (TPSA) is 189 Å². The molecule has 11 heteroatoms. The molecule has 1 fully saturated rings. The van der Waals surface area contributed by atoms with Crippen LogP contribution in [-0.2, 0) is 14.3 Å². The largest absolute Gasteiger partial charge is 0.394 e. The molecule has 1 rings (SSSR count). The number of nitrogens with one attached hydrogen (secondary N) is 1. The Morgan fingerprint density at radius 2 is 0.931 bits per heavy atom. The number of aliphatic hydroxyl groups is 7. The fraction of sp³-hybridized carbons (Fsp3) is 0.979. The lowest BCUT2D eigenvalue weighted by Gasteiger charge is -2.40. The molecule has 1 heterocycles. The summed E-state index contributed by atoms with van der Waals surface area (Å²) in [6, 6.07) is -1.06. The van der Waals surface area contributed by atoms with Crippen LogP contribution in [0.4, 0.5) is 0 Å². The van der Waals surface area contributed by atoms with Gasteiger partial charge < -0.3 is 50.5 Å². The lowest BCUT2D eigenvalue weighted by atomic mass is 9.98. The summed E-state index contributed by atoms with van der Waals surface area (Å²) in [5.74, 6) is -0.663. The molecule has 1 aliphatic heterocycles. The van der Waals surface area contributed by atoms with E-state index in [9.17, 15) is 40.5 Å². The molecule has 11 nitrogen and oxygen atoms in total. The summed E-state index contributed by atoms with van der Waals surface area (Å²) in [5, 5.41) is 75.5. The van der Waals surface area contributed by atoms with Crippen molar-refractivity contribution in [3.63, 3.8) is 0 Å². The molecule has 9 atom stereocenters. The Hall–Kier alpha value is -0.890. The normalized spacial score (nSPS) is 21.8. The van der Waals surface area contributed by atoms with Gasteiger partial charge in [-0.2, -0.15) is 0 Å². The summed E-state index contributed by atoms with van der Waals surface area (Å²) < 4.78 is 11.1. The molecular formula is C47H93NO10. The molecule has 0 radical (unpaired) electrons. The number of aliphatic hydroxyl groups excluding tert-OH is 7. The number of hydrogen-bond donors (Lipinski definition) is 8. The van der Waals surface area contributed by atoms with Crippen LogP contribution in [0.3, 0.4) is 0 Å². The summed E-state index contributed by atoms with van der Waals surface area (Å²) >= 11 is 0. The lowest BCUT2D eigenvalue weighted by Crippen LogP contribution is -2.60. The van der Waals surface area contributed by atoms with Crippen LogP contribution in [0, 0.1) is 0 Å². The average molecular weight is 832 g/mol. The van der Waals surface area contributed by atoms with Gasteiger partial charge in [0.05, 0.1) is 31.5 Å². The molecule has 0 aliphatic carbocycles. The number of amides is 1. The maximum Gasteiger partial charge on any atom is 0.249 e. The van der Waals surface area contributed by atoms with Crippen LogP contribution in [0.5, 0.6) is 0 Å². The van der Waals surface area contributed by atoms with E-state index < -0.39 is 67.6 Å². The number of carbonyl (C=O) groups excluding carboxylic acids is 1. The van der Waals surface area contributed by atoms with Crippen LogP contribution in [0.1, 0.15) is 226 Å².